The molecule has 1 amide bonds. The van der Waals surface area contributed by atoms with Gasteiger partial charge in [-0.05, 0) is 36.2 Å². The number of nitrogens with zero attached hydrogens (tertiary/aromatic N) is 1. The average molecular weight is 357 g/mol. The van der Waals surface area contributed by atoms with Crippen LogP contribution in [0.1, 0.15) is 32.7 Å². The predicted octanol–water partition coefficient (Wildman–Crippen LogP) is 3.74. The molecule has 0 saturated heterocycles. The third kappa shape index (κ3) is 2.75. The van der Waals surface area contributed by atoms with Gasteiger partial charge in [-0.15, -0.1) is 11.3 Å². The maximum Gasteiger partial charge on any atom is 0.265 e. The lowest BCUT2D eigenvalue weighted by Crippen LogP contribution is -2.37. The molecular formula is C18H16FN3O2S. The standard InChI is InChI=1S/C18H16FN3O2S/c1-9-7-11(8-24-2)13-14-15(25-18(13)20-9)17(23)22-16(21-14)10-3-5-12(19)6-4-10/h3-7,16,21H,8H2,1-2H3,(H,22,23)/t16-/m0/s1. The molecular weight excluding hydrogens is 341 g/mol. The number of nitrogens with one attached hydrogen (secondary N) is 2. The fraction of sp³-hybridized carbons (Fsp3) is 0.222. The van der Waals surface area contributed by atoms with Gasteiger partial charge in [0.25, 0.3) is 5.91 Å². The molecule has 1 aliphatic rings. The number of hydrogen-bond acceptors (Lipinski definition) is 5. The highest BCUT2D eigenvalue weighted by Gasteiger charge is 2.30. The summed E-state index contributed by atoms with van der Waals surface area (Å²) in [6.45, 7) is 2.36. The Hall–Kier alpha value is -2.51. The van der Waals surface area contributed by atoms with Gasteiger partial charge in [-0.2, -0.15) is 0 Å². The Kier molecular flexibility index (Phi) is 3.89. The first-order chi connectivity index (χ1) is 12.1. The van der Waals surface area contributed by atoms with Crippen molar-refractivity contribution in [2.75, 3.05) is 12.4 Å². The van der Waals surface area contributed by atoms with Crippen LogP contribution in [0.5, 0.6) is 0 Å². The van der Waals surface area contributed by atoms with Gasteiger partial charge in [0, 0.05) is 18.2 Å². The van der Waals surface area contributed by atoms with Gasteiger partial charge in [0.1, 0.15) is 21.7 Å². The second kappa shape index (κ2) is 6.09. The summed E-state index contributed by atoms with van der Waals surface area (Å²) in [6, 6.07) is 8.05. The summed E-state index contributed by atoms with van der Waals surface area (Å²) in [6.07, 6.45) is -0.421. The molecule has 0 saturated carbocycles. The van der Waals surface area contributed by atoms with Gasteiger partial charge in [0.05, 0.1) is 12.3 Å². The van der Waals surface area contributed by atoms with Crippen molar-refractivity contribution in [3.05, 3.63) is 57.8 Å². The van der Waals surface area contributed by atoms with E-state index in [4.69, 9.17) is 4.74 Å². The molecule has 4 rings (SSSR count). The lowest BCUT2D eigenvalue weighted by molar-refractivity contribution is 0.0940. The van der Waals surface area contributed by atoms with Crippen molar-refractivity contribution in [2.45, 2.75) is 19.7 Å². The zero-order chi connectivity index (χ0) is 17.6. The summed E-state index contributed by atoms with van der Waals surface area (Å²) in [7, 11) is 1.64. The second-order valence-electron chi connectivity index (χ2n) is 5.94. The third-order valence-corrected chi connectivity index (χ3v) is 5.23. The first-order valence-electron chi connectivity index (χ1n) is 7.81. The van der Waals surface area contributed by atoms with E-state index in [1.165, 1.54) is 23.5 Å². The number of carbonyl (C=O) groups excluding carboxylic acids is 1. The molecule has 25 heavy (non-hydrogen) atoms. The van der Waals surface area contributed by atoms with Gasteiger partial charge < -0.3 is 15.4 Å². The maximum atomic E-state index is 13.2. The quantitative estimate of drug-likeness (QED) is 0.749. The Labute approximate surface area is 147 Å². The number of hydrogen-bond donors (Lipinski definition) is 2. The Morgan fingerprint density at radius 3 is 2.76 bits per heavy atom. The van der Waals surface area contributed by atoms with Gasteiger partial charge in [0.2, 0.25) is 0 Å². The summed E-state index contributed by atoms with van der Waals surface area (Å²) in [5.74, 6) is -0.471. The molecule has 0 bridgehead atoms. The molecule has 0 radical (unpaired) electrons. The number of carbonyl (C=O) groups is 1. The van der Waals surface area contributed by atoms with Gasteiger partial charge in [-0.3, -0.25) is 4.79 Å². The predicted molar refractivity (Wildman–Crippen MR) is 95.3 cm³/mol. The van der Waals surface area contributed by atoms with Crippen LogP contribution in [-0.4, -0.2) is 18.0 Å². The van der Waals surface area contributed by atoms with Crippen LogP contribution < -0.4 is 10.6 Å². The molecule has 0 fully saturated rings. The Morgan fingerprint density at radius 2 is 2.04 bits per heavy atom. The normalized spacial score (nSPS) is 16.4. The topological polar surface area (TPSA) is 63.2 Å². The minimum atomic E-state index is -0.421. The molecule has 0 spiro atoms. The lowest BCUT2D eigenvalue weighted by atomic mass is 10.1. The van der Waals surface area contributed by atoms with Gasteiger partial charge in [0.15, 0.2) is 0 Å². The number of thiophene rings is 1. The average Bonchev–Trinajstić information content (AvgIpc) is 2.94. The second-order valence-corrected chi connectivity index (χ2v) is 6.94. The number of aryl methyl sites for hydroxylation is 1. The molecule has 7 heteroatoms. The van der Waals surface area contributed by atoms with Crippen molar-refractivity contribution in [2.24, 2.45) is 0 Å². The van der Waals surface area contributed by atoms with Crippen molar-refractivity contribution >= 4 is 33.1 Å². The fourth-order valence-corrected chi connectivity index (χ4v) is 4.21. The van der Waals surface area contributed by atoms with Crippen LogP contribution >= 0.6 is 11.3 Å². The lowest BCUT2D eigenvalue weighted by Gasteiger charge is -2.26. The number of aromatic nitrogens is 1. The van der Waals surface area contributed by atoms with Crippen LogP contribution in [0, 0.1) is 12.7 Å². The molecule has 1 aliphatic heterocycles. The van der Waals surface area contributed by atoms with E-state index in [-0.39, 0.29) is 11.7 Å². The summed E-state index contributed by atoms with van der Waals surface area (Å²) in [5, 5.41) is 7.19. The summed E-state index contributed by atoms with van der Waals surface area (Å²) >= 11 is 1.36. The van der Waals surface area contributed by atoms with Crippen LogP contribution in [0.15, 0.2) is 30.3 Å². The van der Waals surface area contributed by atoms with Crippen molar-refractivity contribution in [3.63, 3.8) is 0 Å². The van der Waals surface area contributed by atoms with E-state index >= 15 is 0 Å². The van der Waals surface area contributed by atoms with E-state index in [1.54, 1.807) is 19.2 Å². The van der Waals surface area contributed by atoms with E-state index in [9.17, 15) is 9.18 Å². The molecule has 5 nitrogen and oxygen atoms in total. The van der Waals surface area contributed by atoms with E-state index in [0.717, 1.165) is 32.7 Å². The Bertz CT molecular complexity index is 969. The monoisotopic (exact) mass is 357 g/mol. The van der Waals surface area contributed by atoms with Crippen LogP contribution in [0.25, 0.3) is 10.2 Å². The van der Waals surface area contributed by atoms with Crippen molar-refractivity contribution in [1.82, 2.24) is 10.3 Å². The zero-order valence-electron chi connectivity index (χ0n) is 13.7. The van der Waals surface area contributed by atoms with E-state index < -0.39 is 6.17 Å². The summed E-state index contributed by atoms with van der Waals surface area (Å²) < 4.78 is 18.5. The number of methoxy groups -OCH3 is 1. The van der Waals surface area contributed by atoms with Gasteiger partial charge in [-0.1, -0.05) is 12.1 Å². The molecule has 3 aromatic rings. The molecule has 0 aliphatic carbocycles. The molecule has 1 atom stereocenters. The molecule has 1 aromatic carbocycles. The van der Waals surface area contributed by atoms with Crippen molar-refractivity contribution < 1.29 is 13.9 Å². The number of halogens is 1. The van der Waals surface area contributed by atoms with Crippen LogP contribution in [-0.2, 0) is 11.3 Å². The highest BCUT2D eigenvalue weighted by molar-refractivity contribution is 7.21. The Balaban J connectivity index is 1.84. The minimum Gasteiger partial charge on any atom is -0.380 e. The first kappa shape index (κ1) is 16.0. The maximum absolute atomic E-state index is 13.2. The summed E-state index contributed by atoms with van der Waals surface area (Å²) in [4.78, 5) is 18.6. The highest BCUT2D eigenvalue weighted by atomic mass is 32.1. The van der Waals surface area contributed by atoms with Crippen molar-refractivity contribution in [1.29, 1.82) is 0 Å². The first-order valence-corrected chi connectivity index (χ1v) is 8.63. The smallest absolute Gasteiger partial charge is 0.265 e. The van der Waals surface area contributed by atoms with Gasteiger partial charge in [-0.25, -0.2) is 9.37 Å². The Morgan fingerprint density at radius 1 is 1.28 bits per heavy atom. The molecule has 2 N–H and O–H groups in total. The van der Waals surface area contributed by atoms with Crippen LogP contribution in [0.2, 0.25) is 0 Å². The number of fused-ring (bicyclic) bond motifs is 3. The van der Waals surface area contributed by atoms with Crippen LogP contribution in [0.4, 0.5) is 10.1 Å². The number of benzene rings is 1. The largest absolute Gasteiger partial charge is 0.380 e. The number of anilines is 1. The zero-order valence-corrected chi connectivity index (χ0v) is 14.5. The molecule has 0 unspecified atom stereocenters. The van der Waals surface area contributed by atoms with Gasteiger partial charge >= 0.3 is 0 Å². The van der Waals surface area contributed by atoms with E-state index in [1.807, 2.05) is 13.0 Å². The molecule has 3 heterocycles. The summed E-state index contributed by atoms with van der Waals surface area (Å²) in [5.41, 5.74) is 3.42. The van der Waals surface area contributed by atoms with Crippen LogP contribution in [0.3, 0.4) is 0 Å². The number of pyridine rings is 1. The fourth-order valence-electron chi connectivity index (χ4n) is 3.08. The third-order valence-electron chi connectivity index (χ3n) is 4.15. The van der Waals surface area contributed by atoms with Crippen molar-refractivity contribution in [3.8, 4) is 0 Å². The number of ether oxygens (including phenoxy) is 1. The van der Waals surface area contributed by atoms with E-state index in [2.05, 4.69) is 15.6 Å². The number of amides is 1. The highest BCUT2D eigenvalue weighted by Crippen LogP contribution is 2.41. The molecule has 2 aromatic heterocycles. The SMILES string of the molecule is COCc1cc(C)nc2sc3c(c12)N[C@H](c1ccc(F)cc1)NC3=O. The van der Waals surface area contributed by atoms with E-state index in [0.29, 0.717) is 11.5 Å². The molecule has 128 valence electrons. The number of rotatable bonds is 3. The minimum absolute atomic E-state index is 0.160.